The van der Waals surface area contributed by atoms with Gasteiger partial charge in [-0.05, 0) is 48.7 Å². The van der Waals surface area contributed by atoms with Gasteiger partial charge in [0.05, 0.1) is 13.7 Å². The third-order valence-corrected chi connectivity index (χ3v) is 4.96. The molecule has 0 radical (unpaired) electrons. The predicted octanol–water partition coefficient (Wildman–Crippen LogP) is 3.20. The highest BCUT2D eigenvalue weighted by atomic mass is 16.7. The second-order valence-corrected chi connectivity index (χ2v) is 6.46. The summed E-state index contributed by atoms with van der Waals surface area (Å²) in [5, 5.41) is 3.49. The third-order valence-electron chi connectivity index (χ3n) is 4.96. The average Bonchev–Trinajstić information content (AvgIpc) is 3.14. The van der Waals surface area contributed by atoms with E-state index < -0.39 is 0 Å². The number of ether oxygens (including phenoxy) is 4. The first-order valence-electron chi connectivity index (χ1n) is 8.70. The van der Waals surface area contributed by atoms with Gasteiger partial charge in [0.2, 0.25) is 6.79 Å². The van der Waals surface area contributed by atoms with Crippen molar-refractivity contribution in [1.82, 2.24) is 5.32 Å². The minimum atomic E-state index is 0.283. The number of hydrogen-bond acceptors (Lipinski definition) is 5. The lowest BCUT2D eigenvalue weighted by molar-refractivity contribution is 0.173. The average molecular weight is 341 g/mol. The van der Waals surface area contributed by atoms with Crippen LogP contribution in [0.25, 0.3) is 0 Å². The van der Waals surface area contributed by atoms with Crippen LogP contribution in [0.15, 0.2) is 42.5 Å². The molecule has 0 bridgehead atoms. The van der Waals surface area contributed by atoms with Crippen molar-refractivity contribution < 1.29 is 18.9 Å². The highest BCUT2D eigenvalue weighted by Crippen LogP contribution is 2.36. The van der Waals surface area contributed by atoms with Crippen LogP contribution in [0.1, 0.15) is 17.9 Å². The summed E-state index contributed by atoms with van der Waals surface area (Å²) in [5.41, 5.74) is 1.35. The largest absolute Gasteiger partial charge is 0.497 e. The maximum absolute atomic E-state index is 6.07. The molecule has 2 atom stereocenters. The van der Waals surface area contributed by atoms with Crippen LogP contribution >= 0.6 is 0 Å². The molecule has 2 aliphatic rings. The normalized spacial score (nSPS) is 21.8. The third kappa shape index (κ3) is 3.51. The van der Waals surface area contributed by atoms with E-state index in [1.165, 1.54) is 5.56 Å². The van der Waals surface area contributed by atoms with Gasteiger partial charge in [-0.3, -0.25) is 0 Å². The number of rotatable bonds is 5. The van der Waals surface area contributed by atoms with Crippen molar-refractivity contribution >= 4 is 0 Å². The van der Waals surface area contributed by atoms with Gasteiger partial charge in [0.1, 0.15) is 11.5 Å². The smallest absolute Gasteiger partial charge is 0.231 e. The van der Waals surface area contributed by atoms with E-state index in [0.717, 1.165) is 42.5 Å². The molecule has 4 rings (SSSR count). The van der Waals surface area contributed by atoms with Gasteiger partial charge >= 0.3 is 0 Å². The second-order valence-electron chi connectivity index (χ2n) is 6.46. The summed E-state index contributed by atoms with van der Waals surface area (Å²) >= 11 is 0. The Balaban J connectivity index is 1.43. The molecule has 25 heavy (non-hydrogen) atoms. The maximum atomic E-state index is 6.07. The quantitative estimate of drug-likeness (QED) is 0.905. The fourth-order valence-corrected chi connectivity index (χ4v) is 3.56. The van der Waals surface area contributed by atoms with Crippen LogP contribution in [0.4, 0.5) is 0 Å². The van der Waals surface area contributed by atoms with Crippen molar-refractivity contribution in [2.45, 2.75) is 12.3 Å². The number of benzene rings is 2. The molecule has 2 heterocycles. The second kappa shape index (κ2) is 7.23. The van der Waals surface area contributed by atoms with E-state index >= 15 is 0 Å². The van der Waals surface area contributed by atoms with E-state index in [0.29, 0.717) is 18.4 Å². The minimum Gasteiger partial charge on any atom is -0.497 e. The Labute approximate surface area is 147 Å². The molecule has 132 valence electrons. The monoisotopic (exact) mass is 341 g/mol. The highest BCUT2D eigenvalue weighted by Gasteiger charge is 2.27. The van der Waals surface area contributed by atoms with E-state index in [4.69, 9.17) is 18.9 Å². The fourth-order valence-electron chi connectivity index (χ4n) is 3.56. The Morgan fingerprint density at radius 2 is 1.84 bits per heavy atom. The molecule has 1 N–H and O–H groups in total. The van der Waals surface area contributed by atoms with Gasteiger partial charge in [0, 0.05) is 18.5 Å². The lowest BCUT2D eigenvalue weighted by Crippen LogP contribution is -2.38. The number of fused-ring (bicyclic) bond motifs is 1. The number of piperidine rings is 1. The summed E-state index contributed by atoms with van der Waals surface area (Å²) in [6.07, 6.45) is 1.11. The Hall–Kier alpha value is -2.40. The van der Waals surface area contributed by atoms with Crippen LogP contribution in [0.2, 0.25) is 0 Å². The number of methoxy groups -OCH3 is 1. The zero-order valence-corrected chi connectivity index (χ0v) is 14.4. The summed E-state index contributed by atoms with van der Waals surface area (Å²) in [4.78, 5) is 0. The molecule has 0 aromatic heterocycles. The molecule has 2 aliphatic heterocycles. The molecule has 0 saturated carbocycles. The molecular formula is C20H23NO4. The Morgan fingerprint density at radius 1 is 1.04 bits per heavy atom. The van der Waals surface area contributed by atoms with Gasteiger partial charge in [-0.25, -0.2) is 0 Å². The summed E-state index contributed by atoms with van der Waals surface area (Å²) in [5.74, 6) is 4.16. The topological polar surface area (TPSA) is 49.0 Å². The van der Waals surface area contributed by atoms with Crippen LogP contribution in [0.3, 0.4) is 0 Å². The molecule has 0 aliphatic carbocycles. The van der Waals surface area contributed by atoms with Gasteiger partial charge in [-0.15, -0.1) is 0 Å². The van der Waals surface area contributed by atoms with E-state index in [-0.39, 0.29) is 6.79 Å². The first kappa shape index (κ1) is 16.1. The number of hydrogen-bond donors (Lipinski definition) is 1. The molecule has 2 unspecified atom stereocenters. The molecule has 0 spiro atoms. The summed E-state index contributed by atoms with van der Waals surface area (Å²) in [6.45, 7) is 2.95. The molecule has 2 aromatic rings. The van der Waals surface area contributed by atoms with Crippen molar-refractivity contribution in [1.29, 1.82) is 0 Å². The van der Waals surface area contributed by atoms with E-state index in [9.17, 15) is 0 Å². The van der Waals surface area contributed by atoms with Crippen LogP contribution in [-0.2, 0) is 0 Å². The molecular weight excluding hydrogens is 318 g/mol. The van der Waals surface area contributed by atoms with Crippen molar-refractivity contribution in [3.05, 3.63) is 48.0 Å². The Kier molecular flexibility index (Phi) is 4.65. The van der Waals surface area contributed by atoms with E-state index in [1.54, 1.807) is 7.11 Å². The van der Waals surface area contributed by atoms with Gasteiger partial charge in [-0.2, -0.15) is 0 Å². The minimum absolute atomic E-state index is 0.283. The van der Waals surface area contributed by atoms with Crippen LogP contribution in [0, 0.1) is 5.92 Å². The summed E-state index contributed by atoms with van der Waals surface area (Å²) < 4.78 is 22.1. The predicted molar refractivity (Wildman–Crippen MR) is 94.8 cm³/mol. The zero-order valence-electron chi connectivity index (χ0n) is 14.4. The molecule has 1 saturated heterocycles. The van der Waals surface area contributed by atoms with Gasteiger partial charge in [0.15, 0.2) is 11.5 Å². The molecule has 5 heteroatoms. The van der Waals surface area contributed by atoms with E-state index in [1.807, 2.05) is 30.3 Å². The highest BCUT2D eigenvalue weighted by molar-refractivity contribution is 5.46. The van der Waals surface area contributed by atoms with Crippen molar-refractivity contribution in [2.75, 3.05) is 33.6 Å². The Bertz CT molecular complexity index is 716. The lowest BCUT2D eigenvalue weighted by Gasteiger charge is -2.32. The number of nitrogens with one attached hydrogen (secondary N) is 1. The molecule has 5 nitrogen and oxygen atoms in total. The van der Waals surface area contributed by atoms with Crippen molar-refractivity contribution in [2.24, 2.45) is 5.92 Å². The molecule has 0 amide bonds. The SMILES string of the molecule is COc1ccc(C2CCNCC2COc2ccc3c(c2)OCO3)cc1. The summed E-state index contributed by atoms with van der Waals surface area (Å²) in [6, 6.07) is 14.1. The van der Waals surface area contributed by atoms with Crippen molar-refractivity contribution in [3.8, 4) is 23.0 Å². The van der Waals surface area contributed by atoms with Crippen LogP contribution < -0.4 is 24.3 Å². The molecule has 2 aromatic carbocycles. The van der Waals surface area contributed by atoms with Crippen LogP contribution in [0.5, 0.6) is 23.0 Å². The van der Waals surface area contributed by atoms with Crippen LogP contribution in [-0.4, -0.2) is 33.6 Å². The Morgan fingerprint density at radius 3 is 2.68 bits per heavy atom. The zero-order chi connectivity index (χ0) is 17.1. The van der Waals surface area contributed by atoms with E-state index in [2.05, 4.69) is 17.4 Å². The van der Waals surface area contributed by atoms with Gasteiger partial charge < -0.3 is 24.3 Å². The van der Waals surface area contributed by atoms with Gasteiger partial charge in [-0.1, -0.05) is 12.1 Å². The summed E-state index contributed by atoms with van der Waals surface area (Å²) in [7, 11) is 1.70. The standard InChI is InChI=1S/C20H23NO4/c1-22-16-4-2-14(3-5-16)18-8-9-21-11-15(18)12-23-17-6-7-19-20(10-17)25-13-24-19/h2-7,10,15,18,21H,8-9,11-13H2,1H3. The van der Waals surface area contributed by atoms with Gasteiger partial charge in [0.25, 0.3) is 0 Å². The first-order chi connectivity index (χ1) is 12.3. The first-order valence-corrected chi connectivity index (χ1v) is 8.70. The molecule has 1 fully saturated rings. The maximum Gasteiger partial charge on any atom is 0.231 e. The van der Waals surface area contributed by atoms with Crippen molar-refractivity contribution in [3.63, 3.8) is 0 Å². The lowest BCUT2D eigenvalue weighted by atomic mass is 9.81. The fraction of sp³-hybridized carbons (Fsp3) is 0.400.